The number of aryl methyl sites for hydroxylation is 1. The molecule has 17 heavy (non-hydrogen) atoms. The minimum absolute atomic E-state index is 0.214. The molecule has 0 bridgehead atoms. The number of hydrogen-bond acceptors (Lipinski definition) is 3. The van der Waals surface area contributed by atoms with Crippen LogP contribution in [0, 0.1) is 20.8 Å². The number of benzene rings is 1. The molecule has 3 N–H and O–H groups in total. The Hall–Kier alpha value is -1.22. The number of methoxy groups -OCH3 is 1. The lowest BCUT2D eigenvalue weighted by atomic mass is 10.0. The maximum Gasteiger partial charge on any atom is 0.125 e. The lowest BCUT2D eigenvalue weighted by Gasteiger charge is -2.22. The summed E-state index contributed by atoms with van der Waals surface area (Å²) >= 11 is 0. The first-order valence-corrected chi connectivity index (χ1v) is 5.94. The Labute approximate surface area is 104 Å². The zero-order chi connectivity index (χ0) is 13.2. The van der Waals surface area contributed by atoms with Crippen LogP contribution in [0.1, 0.15) is 30.5 Å². The molecule has 0 unspecified atom stereocenters. The van der Waals surface area contributed by atoms with Crippen LogP contribution in [0.5, 0.6) is 5.75 Å². The molecular formula is C14H24N2O. The maximum absolute atomic E-state index is 5.98. The average Bonchev–Trinajstić information content (AvgIpc) is 2.21. The molecule has 0 radical (unpaired) electrons. The van der Waals surface area contributed by atoms with Crippen LogP contribution in [0.2, 0.25) is 0 Å². The number of nitrogens with two attached hydrogens (primary N) is 1. The first kappa shape index (κ1) is 13.8. The van der Waals surface area contributed by atoms with Crippen molar-refractivity contribution < 1.29 is 4.74 Å². The van der Waals surface area contributed by atoms with E-state index in [9.17, 15) is 0 Å². The molecule has 0 heterocycles. The highest BCUT2D eigenvalue weighted by Gasteiger charge is 2.14. The largest absolute Gasteiger partial charge is 0.496 e. The predicted octanol–water partition coefficient (Wildman–Crippen LogP) is 2.77. The van der Waals surface area contributed by atoms with Crippen molar-refractivity contribution in [3.8, 4) is 5.75 Å². The smallest absolute Gasteiger partial charge is 0.125 e. The zero-order valence-corrected chi connectivity index (χ0v) is 11.8. The molecule has 0 atom stereocenters. The lowest BCUT2D eigenvalue weighted by Crippen LogP contribution is -2.39. The van der Waals surface area contributed by atoms with Crippen LogP contribution in [0.25, 0.3) is 0 Å². The molecule has 0 aliphatic heterocycles. The average molecular weight is 236 g/mol. The lowest BCUT2D eigenvalue weighted by molar-refractivity contribution is 0.408. The molecular weight excluding hydrogens is 212 g/mol. The van der Waals surface area contributed by atoms with Crippen LogP contribution < -0.4 is 15.8 Å². The summed E-state index contributed by atoms with van der Waals surface area (Å²) in [6, 6.07) is 2.12. The fraction of sp³-hybridized carbons (Fsp3) is 0.571. The number of ether oxygens (including phenoxy) is 1. The summed E-state index contributed by atoms with van der Waals surface area (Å²) in [4.78, 5) is 0. The first-order valence-electron chi connectivity index (χ1n) is 5.94. The Bertz CT molecular complexity index is 406. The van der Waals surface area contributed by atoms with Crippen molar-refractivity contribution in [3.05, 3.63) is 22.8 Å². The van der Waals surface area contributed by atoms with Gasteiger partial charge in [-0.05, 0) is 57.4 Å². The van der Waals surface area contributed by atoms with Crippen LogP contribution in [-0.2, 0) is 0 Å². The second-order valence-corrected chi connectivity index (χ2v) is 5.37. The Kier molecular flexibility index (Phi) is 4.04. The van der Waals surface area contributed by atoms with Crippen molar-refractivity contribution in [2.75, 3.05) is 19.0 Å². The van der Waals surface area contributed by atoms with Gasteiger partial charge in [-0.2, -0.15) is 0 Å². The second-order valence-electron chi connectivity index (χ2n) is 5.37. The minimum atomic E-state index is -0.214. The highest BCUT2D eigenvalue weighted by atomic mass is 16.5. The van der Waals surface area contributed by atoms with Gasteiger partial charge in [-0.25, -0.2) is 0 Å². The van der Waals surface area contributed by atoms with Gasteiger partial charge in [-0.3, -0.25) is 0 Å². The molecule has 0 aliphatic carbocycles. The van der Waals surface area contributed by atoms with E-state index in [2.05, 4.69) is 32.2 Å². The molecule has 0 saturated heterocycles. The van der Waals surface area contributed by atoms with Crippen molar-refractivity contribution in [3.63, 3.8) is 0 Å². The van der Waals surface area contributed by atoms with Crippen LogP contribution in [-0.4, -0.2) is 19.2 Å². The van der Waals surface area contributed by atoms with E-state index in [0.29, 0.717) is 0 Å². The van der Waals surface area contributed by atoms with E-state index in [0.717, 1.165) is 23.5 Å². The maximum atomic E-state index is 5.98. The van der Waals surface area contributed by atoms with Crippen molar-refractivity contribution in [2.45, 2.75) is 40.2 Å². The van der Waals surface area contributed by atoms with E-state index in [1.54, 1.807) is 7.11 Å². The van der Waals surface area contributed by atoms with E-state index in [4.69, 9.17) is 10.5 Å². The molecule has 1 rings (SSSR count). The first-order chi connectivity index (χ1) is 7.76. The van der Waals surface area contributed by atoms with Gasteiger partial charge in [-0.15, -0.1) is 0 Å². The predicted molar refractivity (Wildman–Crippen MR) is 74.0 cm³/mol. The highest BCUT2D eigenvalue weighted by molar-refractivity contribution is 5.61. The molecule has 0 aromatic heterocycles. The fourth-order valence-corrected chi connectivity index (χ4v) is 1.88. The monoisotopic (exact) mass is 236 g/mol. The third-order valence-electron chi connectivity index (χ3n) is 2.96. The van der Waals surface area contributed by atoms with E-state index in [1.165, 1.54) is 11.1 Å². The van der Waals surface area contributed by atoms with Gasteiger partial charge in [0.25, 0.3) is 0 Å². The minimum Gasteiger partial charge on any atom is -0.496 e. The summed E-state index contributed by atoms with van der Waals surface area (Å²) in [6.45, 7) is 11.0. The van der Waals surface area contributed by atoms with Gasteiger partial charge in [0.1, 0.15) is 5.75 Å². The van der Waals surface area contributed by atoms with Crippen molar-refractivity contribution in [1.29, 1.82) is 0 Å². The molecule has 0 aliphatic rings. The molecule has 1 aromatic carbocycles. The molecule has 96 valence electrons. The molecule has 0 saturated carbocycles. The van der Waals surface area contributed by atoms with Gasteiger partial charge in [0, 0.05) is 17.8 Å². The Morgan fingerprint density at radius 1 is 1.24 bits per heavy atom. The topological polar surface area (TPSA) is 47.3 Å². The Balaban J connectivity index is 3.03. The standard InChI is InChI=1S/C14H24N2O/c1-9-7-12(16-8-14(4,5)15)10(2)11(3)13(9)17-6/h7,16H,8,15H2,1-6H3. The summed E-state index contributed by atoms with van der Waals surface area (Å²) in [5.74, 6) is 0.972. The zero-order valence-electron chi connectivity index (χ0n) is 11.8. The van der Waals surface area contributed by atoms with E-state index in [-0.39, 0.29) is 5.54 Å². The van der Waals surface area contributed by atoms with Crippen LogP contribution in [0.3, 0.4) is 0 Å². The molecule has 3 heteroatoms. The molecule has 1 aromatic rings. The molecule has 0 amide bonds. The Morgan fingerprint density at radius 3 is 2.29 bits per heavy atom. The van der Waals surface area contributed by atoms with Crippen LogP contribution in [0.15, 0.2) is 6.07 Å². The van der Waals surface area contributed by atoms with Crippen LogP contribution >= 0.6 is 0 Å². The van der Waals surface area contributed by atoms with Crippen molar-refractivity contribution in [2.24, 2.45) is 5.73 Å². The third kappa shape index (κ3) is 3.37. The molecule has 0 spiro atoms. The van der Waals surface area contributed by atoms with Gasteiger partial charge in [-0.1, -0.05) is 0 Å². The van der Waals surface area contributed by atoms with Gasteiger partial charge in [0.2, 0.25) is 0 Å². The number of nitrogens with one attached hydrogen (secondary N) is 1. The van der Waals surface area contributed by atoms with Gasteiger partial charge >= 0.3 is 0 Å². The summed E-state index contributed by atoms with van der Waals surface area (Å²) in [5, 5.41) is 3.41. The van der Waals surface area contributed by atoms with Gasteiger partial charge in [0.05, 0.1) is 7.11 Å². The van der Waals surface area contributed by atoms with E-state index >= 15 is 0 Å². The van der Waals surface area contributed by atoms with E-state index in [1.807, 2.05) is 13.8 Å². The number of hydrogen-bond donors (Lipinski definition) is 2. The summed E-state index contributed by atoms with van der Waals surface area (Å²) in [7, 11) is 1.71. The van der Waals surface area contributed by atoms with Crippen molar-refractivity contribution in [1.82, 2.24) is 0 Å². The van der Waals surface area contributed by atoms with E-state index < -0.39 is 0 Å². The fourth-order valence-electron chi connectivity index (χ4n) is 1.88. The second kappa shape index (κ2) is 4.96. The molecule has 0 fully saturated rings. The summed E-state index contributed by atoms with van der Waals surface area (Å²) < 4.78 is 5.40. The van der Waals surface area contributed by atoms with Crippen molar-refractivity contribution >= 4 is 5.69 Å². The third-order valence-corrected chi connectivity index (χ3v) is 2.96. The Morgan fingerprint density at radius 2 is 1.82 bits per heavy atom. The number of anilines is 1. The van der Waals surface area contributed by atoms with Gasteiger partial charge in [0.15, 0.2) is 0 Å². The normalized spacial score (nSPS) is 11.5. The number of rotatable bonds is 4. The quantitative estimate of drug-likeness (QED) is 0.845. The SMILES string of the molecule is COc1c(C)cc(NCC(C)(C)N)c(C)c1C. The summed E-state index contributed by atoms with van der Waals surface area (Å²) in [6.07, 6.45) is 0. The summed E-state index contributed by atoms with van der Waals surface area (Å²) in [5.41, 5.74) is 10.5. The van der Waals surface area contributed by atoms with Crippen LogP contribution in [0.4, 0.5) is 5.69 Å². The highest BCUT2D eigenvalue weighted by Crippen LogP contribution is 2.31. The van der Waals surface area contributed by atoms with Gasteiger partial charge < -0.3 is 15.8 Å². The molecule has 3 nitrogen and oxygen atoms in total.